The van der Waals surface area contributed by atoms with Gasteiger partial charge in [0.15, 0.2) is 0 Å². The van der Waals surface area contributed by atoms with Crippen LogP contribution < -0.4 is 5.32 Å². The van der Waals surface area contributed by atoms with Crippen LogP contribution in [0.1, 0.15) is 36.2 Å². The van der Waals surface area contributed by atoms with Crippen molar-refractivity contribution < 1.29 is 14.3 Å². The summed E-state index contributed by atoms with van der Waals surface area (Å²) in [4.78, 5) is 11.9. The zero-order chi connectivity index (χ0) is 13.5. The highest BCUT2D eigenvalue weighted by Gasteiger charge is 2.11. The highest BCUT2D eigenvalue weighted by Crippen LogP contribution is 2.10. The molecule has 0 heterocycles. The van der Waals surface area contributed by atoms with Crippen LogP contribution in [0.4, 0.5) is 4.39 Å². The van der Waals surface area contributed by atoms with Crippen molar-refractivity contribution in [3.8, 4) is 11.8 Å². The molecule has 0 radical (unpaired) electrons. The summed E-state index contributed by atoms with van der Waals surface area (Å²) in [6, 6.07) is 3.86. The summed E-state index contributed by atoms with van der Waals surface area (Å²) in [7, 11) is 0. The van der Waals surface area contributed by atoms with Gasteiger partial charge in [0.25, 0.3) is 5.91 Å². The minimum Gasteiger partial charge on any atom is -0.395 e. The van der Waals surface area contributed by atoms with E-state index in [1.54, 1.807) is 0 Å². The quantitative estimate of drug-likeness (QED) is 0.801. The predicted molar refractivity (Wildman–Crippen MR) is 67.6 cm³/mol. The normalized spacial score (nSPS) is 9.83. The van der Waals surface area contributed by atoms with Gasteiger partial charge in [0.2, 0.25) is 0 Å². The number of halogens is 1. The lowest BCUT2D eigenvalue weighted by Gasteiger charge is -2.09. The van der Waals surface area contributed by atoms with Gasteiger partial charge in [-0.2, -0.15) is 0 Å². The van der Waals surface area contributed by atoms with Crippen LogP contribution in [0.5, 0.6) is 0 Å². The first-order valence-corrected chi connectivity index (χ1v) is 5.74. The summed E-state index contributed by atoms with van der Waals surface area (Å²) >= 11 is 0. The van der Waals surface area contributed by atoms with Gasteiger partial charge < -0.3 is 10.4 Å². The van der Waals surface area contributed by atoms with Crippen molar-refractivity contribution >= 4 is 5.91 Å². The number of hydrogen-bond acceptors (Lipinski definition) is 2. The topological polar surface area (TPSA) is 49.3 Å². The number of amides is 1. The van der Waals surface area contributed by atoms with E-state index in [2.05, 4.69) is 17.2 Å². The molecule has 1 amide bonds. The van der Waals surface area contributed by atoms with Crippen LogP contribution in [0, 0.1) is 17.7 Å². The fourth-order valence-corrected chi connectivity index (χ4v) is 1.37. The number of aliphatic hydroxyl groups is 1. The molecule has 0 fully saturated rings. The zero-order valence-electron chi connectivity index (χ0n) is 10.5. The van der Waals surface area contributed by atoms with E-state index in [9.17, 15) is 9.18 Å². The molecule has 0 bridgehead atoms. The summed E-state index contributed by atoms with van der Waals surface area (Å²) in [5.41, 5.74) is 0.678. The van der Waals surface area contributed by atoms with E-state index in [1.165, 1.54) is 18.2 Å². The molecule has 1 aromatic carbocycles. The molecule has 0 unspecified atom stereocenters. The van der Waals surface area contributed by atoms with Crippen molar-refractivity contribution in [2.45, 2.75) is 26.3 Å². The van der Waals surface area contributed by atoms with E-state index < -0.39 is 5.82 Å². The molecular formula is C14H16FNO2. The first-order valence-electron chi connectivity index (χ1n) is 5.74. The Labute approximate surface area is 106 Å². The van der Waals surface area contributed by atoms with Crippen LogP contribution >= 0.6 is 0 Å². The van der Waals surface area contributed by atoms with Gasteiger partial charge in [-0.1, -0.05) is 11.8 Å². The summed E-state index contributed by atoms with van der Waals surface area (Å²) in [6.45, 7) is 3.63. The van der Waals surface area contributed by atoms with Crippen molar-refractivity contribution in [1.82, 2.24) is 5.32 Å². The van der Waals surface area contributed by atoms with Crippen molar-refractivity contribution in [3.63, 3.8) is 0 Å². The Kier molecular flexibility index (Phi) is 5.34. The lowest BCUT2D eigenvalue weighted by Crippen LogP contribution is -2.30. The molecule has 96 valence electrons. The SMILES string of the molecule is CC(C)NC(=O)c1ccc(F)cc1C#CCCO. The molecular weight excluding hydrogens is 233 g/mol. The van der Waals surface area contributed by atoms with Crippen LogP contribution in [0.2, 0.25) is 0 Å². The van der Waals surface area contributed by atoms with Crippen LogP contribution in [0.25, 0.3) is 0 Å². The molecule has 0 spiro atoms. The molecule has 3 nitrogen and oxygen atoms in total. The molecule has 0 aromatic heterocycles. The van der Waals surface area contributed by atoms with Gasteiger partial charge in [-0.3, -0.25) is 4.79 Å². The minimum absolute atomic E-state index is 0.000744. The molecule has 0 atom stereocenters. The number of nitrogens with one attached hydrogen (secondary N) is 1. The highest BCUT2D eigenvalue weighted by atomic mass is 19.1. The summed E-state index contributed by atoms with van der Waals surface area (Å²) in [5, 5.41) is 11.4. The zero-order valence-corrected chi connectivity index (χ0v) is 10.5. The molecule has 0 aliphatic heterocycles. The molecule has 0 aliphatic rings. The van der Waals surface area contributed by atoms with Crippen LogP contribution in [-0.4, -0.2) is 23.7 Å². The third-order valence-electron chi connectivity index (χ3n) is 2.11. The number of rotatable bonds is 3. The molecule has 4 heteroatoms. The van der Waals surface area contributed by atoms with E-state index in [0.717, 1.165) is 0 Å². The van der Waals surface area contributed by atoms with Crippen molar-refractivity contribution in [2.75, 3.05) is 6.61 Å². The number of carbonyl (C=O) groups is 1. The number of aliphatic hydroxyl groups excluding tert-OH is 1. The predicted octanol–water partition coefficient (Wildman–Crippen LogP) is 1.70. The fraction of sp³-hybridized carbons (Fsp3) is 0.357. The first kappa shape index (κ1) is 14.2. The molecule has 0 saturated carbocycles. The third-order valence-corrected chi connectivity index (χ3v) is 2.11. The van der Waals surface area contributed by atoms with Crippen LogP contribution in [0.3, 0.4) is 0 Å². The maximum Gasteiger partial charge on any atom is 0.252 e. The average Bonchev–Trinajstić information content (AvgIpc) is 2.28. The summed E-state index contributed by atoms with van der Waals surface area (Å²) in [5.74, 6) is 4.66. The molecule has 0 saturated heterocycles. The molecule has 0 aliphatic carbocycles. The maximum atomic E-state index is 13.1. The van der Waals surface area contributed by atoms with Crippen molar-refractivity contribution in [1.29, 1.82) is 0 Å². The van der Waals surface area contributed by atoms with E-state index >= 15 is 0 Å². The van der Waals surface area contributed by atoms with Crippen molar-refractivity contribution in [2.24, 2.45) is 0 Å². The van der Waals surface area contributed by atoms with Gasteiger partial charge in [-0.25, -0.2) is 4.39 Å². The number of benzene rings is 1. The Morgan fingerprint density at radius 1 is 1.50 bits per heavy atom. The highest BCUT2D eigenvalue weighted by molar-refractivity contribution is 5.96. The number of hydrogen-bond donors (Lipinski definition) is 2. The van der Waals surface area contributed by atoms with Crippen LogP contribution in [-0.2, 0) is 0 Å². The Balaban J connectivity index is 3.04. The van der Waals surface area contributed by atoms with Crippen LogP contribution in [0.15, 0.2) is 18.2 Å². The standard InChI is InChI=1S/C14H16FNO2/c1-10(2)16-14(18)13-7-6-12(15)9-11(13)5-3-4-8-17/h6-7,9-10,17H,4,8H2,1-2H3,(H,16,18). The van der Waals surface area contributed by atoms with Gasteiger partial charge in [-0.15, -0.1) is 0 Å². The third kappa shape index (κ3) is 4.19. The fourth-order valence-electron chi connectivity index (χ4n) is 1.37. The second-order valence-electron chi connectivity index (χ2n) is 4.09. The molecule has 1 aromatic rings. The van der Waals surface area contributed by atoms with E-state index in [4.69, 9.17) is 5.11 Å². The molecule has 2 N–H and O–H groups in total. The van der Waals surface area contributed by atoms with Gasteiger partial charge in [-0.05, 0) is 32.0 Å². The summed E-state index contributed by atoms with van der Waals surface area (Å²) in [6.07, 6.45) is 0.293. The summed E-state index contributed by atoms with van der Waals surface area (Å²) < 4.78 is 13.1. The van der Waals surface area contributed by atoms with E-state index in [-0.39, 0.29) is 18.6 Å². The minimum atomic E-state index is -0.440. The van der Waals surface area contributed by atoms with Gasteiger partial charge >= 0.3 is 0 Å². The Bertz CT molecular complexity index is 486. The van der Waals surface area contributed by atoms with Gasteiger partial charge in [0.1, 0.15) is 5.82 Å². The van der Waals surface area contributed by atoms with Gasteiger partial charge in [0, 0.05) is 18.0 Å². The average molecular weight is 249 g/mol. The largest absolute Gasteiger partial charge is 0.395 e. The second kappa shape index (κ2) is 6.77. The lowest BCUT2D eigenvalue weighted by atomic mass is 10.1. The Morgan fingerprint density at radius 3 is 2.83 bits per heavy atom. The first-order chi connectivity index (χ1) is 8.54. The van der Waals surface area contributed by atoms with E-state index in [1.807, 2.05) is 13.8 Å². The second-order valence-corrected chi connectivity index (χ2v) is 4.09. The maximum absolute atomic E-state index is 13.1. The monoisotopic (exact) mass is 249 g/mol. The molecule has 18 heavy (non-hydrogen) atoms. The van der Waals surface area contributed by atoms with E-state index in [0.29, 0.717) is 17.5 Å². The smallest absolute Gasteiger partial charge is 0.252 e. The number of carbonyl (C=O) groups excluding carboxylic acids is 1. The van der Waals surface area contributed by atoms with Crippen molar-refractivity contribution in [3.05, 3.63) is 35.1 Å². The Morgan fingerprint density at radius 2 is 2.22 bits per heavy atom. The molecule has 1 rings (SSSR count). The Hall–Kier alpha value is -1.86. The lowest BCUT2D eigenvalue weighted by molar-refractivity contribution is 0.0943. The van der Waals surface area contributed by atoms with Gasteiger partial charge in [0.05, 0.1) is 12.2 Å².